The van der Waals surface area contributed by atoms with E-state index in [0.29, 0.717) is 12.5 Å². The summed E-state index contributed by atoms with van der Waals surface area (Å²) >= 11 is 1.74. The number of ether oxygens (including phenoxy) is 1. The topological polar surface area (TPSA) is 87.6 Å². The van der Waals surface area contributed by atoms with Crippen molar-refractivity contribution in [2.45, 2.75) is 72.4 Å². The number of aryl methyl sites for hydroxylation is 2. The Morgan fingerprint density at radius 3 is 2.46 bits per heavy atom. The number of guanidine groups is 1. The largest absolute Gasteiger partial charge is 0.444 e. The van der Waals surface area contributed by atoms with E-state index in [9.17, 15) is 4.79 Å². The molecule has 0 fully saturated rings. The first-order valence-electron chi connectivity index (χ1n) is 9.51. The fourth-order valence-corrected chi connectivity index (χ4v) is 3.36. The number of halogens is 1. The van der Waals surface area contributed by atoms with Crippen LogP contribution >= 0.6 is 35.3 Å². The van der Waals surface area contributed by atoms with Gasteiger partial charge in [-0.05, 0) is 41.0 Å². The van der Waals surface area contributed by atoms with Crippen LogP contribution in [0.3, 0.4) is 0 Å². The van der Waals surface area contributed by atoms with E-state index >= 15 is 0 Å². The molecule has 0 spiro atoms. The third-order valence-electron chi connectivity index (χ3n) is 3.80. The molecule has 0 saturated heterocycles. The highest BCUT2D eigenvalue weighted by Crippen LogP contribution is 2.16. The zero-order chi connectivity index (χ0) is 20.4. The van der Waals surface area contributed by atoms with Crippen LogP contribution in [0, 0.1) is 13.8 Å². The van der Waals surface area contributed by atoms with E-state index in [0.717, 1.165) is 36.5 Å². The van der Waals surface area contributed by atoms with Gasteiger partial charge in [0.05, 0.1) is 10.7 Å². The maximum Gasteiger partial charge on any atom is 0.407 e. The van der Waals surface area contributed by atoms with Gasteiger partial charge in [0.1, 0.15) is 5.60 Å². The molecule has 1 heterocycles. The Kier molecular flexibility index (Phi) is 12.7. The van der Waals surface area contributed by atoms with Crippen LogP contribution < -0.4 is 16.0 Å². The van der Waals surface area contributed by atoms with Crippen LogP contribution in [-0.4, -0.2) is 48.8 Å². The second-order valence-corrected chi connectivity index (χ2v) is 8.80. The van der Waals surface area contributed by atoms with E-state index in [1.165, 1.54) is 4.88 Å². The maximum atomic E-state index is 12.0. The van der Waals surface area contributed by atoms with Gasteiger partial charge in [0.15, 0.2) is 5.96 Å². The van der Waals surface area contributed by atoms with Crippen molar-refractivity contribution < 1.29 is 9.53 Å². The first-order valence-corrected chi connectivity index (χ1v) is 10.3. The third kappa shape index (κ3) is 11.0. The number of alkyl carbamates (subject to hydrolysis) is 1. The molecule has 3 N–H and O–H groups in total. The monoisotopic (exact) mass is 525 g/mol. The summed E-state index contributed by atoms with van der Waals surface area (Å²) < 4.78 is 5.34. The first kappa shape index (κ1) is 26.9. The average molecular weight is 526 g/mol. The van der Waals surface area contributed by atoms with Crippen LogP contribution in [-0.2, 0) is 11.2 Å². The molecule has 9 heteroatoms. The predicted molar refractivity (Wildman–Crippen MR) is 128 cm³/mol. The summed E-state index contributed by atoms with van der Waals surface area (Å²) in [5, 5.41) is 10.6. The molecule has 0 saturated carbocycles. The van der Waals surface area contributed by atoms with E-state index < -0.39 is 5.60 Å². The molecule has 1 unspecified atom stereocenters. The SMILES string of the molecule is CCCC(CNC(=NC)NCCc1nc(C)c(C)s1)NC(=O)OC(C)(C)C.I. The van der Waals surface area contributed by atoms with Crippen molar-refractivity contribution in [2.24, 2.45) is 4.99 Å². The van der Waals surface area contributed by atoms with E-state index in [2.05, 4.69) is 39.8 Å². The summed E-state index contributed by atoms with van der Waals surface area (Å²) in [5.74, 6) is 0.715. The molecule has 7 nitrogen and oxygen atoms in total. The molecule has 1 aromatic rings. The lowest BCUT2D eigenvalue weighted by Gasteiger charge is -2.24. The summed E-state index contributed by atoms with van der Waals surface area (Å²) in [6.07, 6.45) is 2.30. The highest BCUT2D eigenvalue weighted by Gasteiger charge is 2.19. The van der Waals surface area contributed by atoms with Crippen LogP contribution in [0.25, 0.3) is 0 Å². The van der Waals surface area contributed by atoms with E-state index in [1.54, 1.807) is 18.4 Å². The lowest BCUT2D eigenvalue weighted by Crippen LogP contribution is -2.48. The van der Waals surface area contributed by atoms with Crippen molar-refractivity contribution >= 4 is 47.4 Å². The molecule has 0 aliphatic heterocycles. The van der Waals surface area contributed by atoms with Crippen molar-refractivity contribution in [1.29, 1.82) is 0 Å². The maximum absolute atomic E-state index is 12.0. The fraction of sp³-hybridized carbons (Fsp3) is 0.737. The Morgan fingerprint density at radius 2 is 1.96 bits per heavy atom. The van der Waals surface area contributed by atoms with Crippen LogP contribution in [0.5, 0.6) is 0 Å². The zero-order valence-electron chi connectivity index (χ0n) is 18.1. The summed E-state index contributed by atoms with van der Waals surface area (Å²) in [6.45, 7) is 13.1. The van der Waals surface area contributed by atoms with Crippen molar-refractivity contribution in [3.05, 3.63) is 15.6 Å². The minimum Gasteiger partial charge on any atom is -0.444 e. The Labute approximate surface area is 190 Å². The minimum absolute atomic E-state index is 0. The van der Waals surface area contributed by atoms with E-state index in [-0.39, 0.29) is 36.1 Å². The van der Waals surface area contributed by atoms with Crippen LogP contribution in [0.1, 0.15) is 56.1 Å². The number of aliphatic imine (C=N–C) groups is 1. The molecule has 28 heavy (non-hydrogen) atoms. The van der Waals surface area contributed by atoms with Crippen molar-refractivity contribution in [3.63, 3.8) is 0 Å². The molecule has 1 aromatic heterocycles. The van der Waals surface area contributed by atoms with E-state index in [1.807, 2.05) is 27.7 Å². The summed E-state index contributed by atoms with van der Waals surface area (Å²) in [7, 11) is 1.74. The summed E-state index contributed by atoms with van der Waals surface area (Å²) in [6, 6.07) is -0.0207. The van der Waals surface area contributed by atoms with Crippen molar-refractivity contribution in [2.75, 3.05) is 20.1 Å². The van der Waals surface area contributed by atoms with Gasteiger partial charge >= 0.3 is 6.09 Å². The Hall–Kier alpha value is -1.10. The molecule has 0 aliphatic rings. The van der Waals surface area contributed by atoms with Crippen molar-refractivity contribution in [3.8, 4) is 0 Å². The quantitative estimate of drug-likeness (QED) is 0.273. The molecule has 162 valence electrons. The van der Waals surface area contributed by atoms with Crippen LogP contribution in [0.15, 0.2) is 4.99 Å². The third-order valence-corrected chi connectivity index (χ3v) is 4.93. The van der Waals surface area contributed by atoms with Gasteiger partial charge in [-0.1, -0.05) is 13.3 Å². The summed E-state index contributed by atoms with van der Waals surface area (Å²) in [5.41, 5.74) is 0.603. The number of carbonyl (C=O) groups excluding carboxylic acids is 1. The lowest BCUT2D eigenvalue weighted by molar-refractivity contribution is 0.0502. The smallest absolute Gasteiger partial charge is 0.407 e. The normalized spacial score (nSPS) is 12.8. The van der Waals surface area contributed by atoms with Gasteiger partial charge in [-0.15, -0.1) is 35.3 Å². The van der Waals surface area contributed by atoms with Gasteiger partial charge in [0, 0.05) is 37.5 Å². The first-order chi connectivity index (χ1) is 12.6. The molecule has 0 aliphatic carbocycles. The molecule has 0 aromatic carbocycles. The second kappa shape index (κ2) is 13.2. The molecular weight excluding hydrogens is 489 g/mol. The van der Waals surface area contributed by atoms with Gasteiger partial charge in [0.25, 0.3) is 0 Å². The molecule has 1 amide bonds. The minimum atomic E-state index is -0.502. The second-order valence-electron chi connectivity index (χ2n) is 7.51. The van der Waals surface area contributed by atoms with Gasteiger partial charge in [0.2, 0.25) is 0 Å². The Morgan fingerprint density at radius 1 is 1.29 bits per heavy atom. The highest BCUT2D eigenvalue weighted by atomic mass is 127. The number of nitrogens with one attached hydrogen (secondary N) is 3. The standard InChI is InChI=1S/C19H35N5O2S.HI/c1-8-9-15(24-18(25)26-19(4,5)6)12-22-17(20-7)21-11-10-16-23-13(2)14(3)27-16;/h15H,8-12H2,1-7H3,(H,24,25)(H2,20,21,22);1H. The molecule has 0 bridgehead atoms. The molecule has 1 rings (SSSR count). The van der Waals surface area contributed by atoms with Crippen LogP contribution in [0.2, 0.25) is 0 Å². The average Bonchev–Trinajstić information content (AvgIpc) is 2.87. The van der Waals surface area contributed by atoms with Crippen molar-refractivity contribution in [1.82, 2.24) is 20.9 Å². The Balaban J connectivity index is 0.00000729. The molecular formula is C19H36IN5O2S. The zero-order valence-corrected chi connectivity index (χ0v) is 21.3. The fourth-order valence-electron chi connectivity index (χ4n) is 2.42. The Bertz CT molecular complexity index is 609. The van der Waals surface area contributed by atoms with Gasteiger partial charge < -0.3 is 20.7 Å². The lowest BCUT2D eigenvalue weighted by atomic mass is 10.1. The summed E-state index contributed by atoms with van der Waals surface area (Å²) in [4.78, 5) is 22.1. The number of carbonyl (C=O) groups is 1. The number of hydrogen-bond donors (Lipinski definition) is 3. The van der Waals surface area contributed by atoms with Gasteiger partial charge in [-0.25, -0.2) is 9.78 Å². The van der Waals surface area contributed by atoms with Crippen LogP contribution in [0.4, 0.5) is 4.79 Å². The number of rotatable bonds is 8. The molecule has 1 atom stereocenters. The number of amides is 1. The number of hydrogen-bond acceptors (Lipinski definition) is 5. The van der Waals surface area contributed by atoms with Gasteiger partial charge in [-0.2, -0.15) is 0 Å². The molecule has 0 radical (unpaired) electrons. The highest BCUT2D eigenvalue weighted by molar-refractivity contribution is 14.0. The number of thiazole rings is 1. The number of aromatic nitrogens is 1. The van der Waals surface area contributed by atoms with Gasteiger partial charge in [-0.3, -0.25) is 4.99 Å². The van der Waals surface area contributed by atoms with E-state index in [4.69, 9.17) is 4.74 Å². The number of nitrogens with zero attached hydrogens (tertiary/aromatic N) is 2. The predicted octanol–water partition coefficient (Wildman–Crippen LogP) is 3.78.